The fourth-order valence-electron chi connectivity index (χ4n) is 2.92. The van der Waals surface area contributed by atoms with Crippen LogP contribution >= 0.6 is 0 Å². The van der Waals surface area contributed by atoms with E-state index in [1.165, 1.54) is 6.07 Å². The topological polar surface area (TPSA) is 83.7 Å². The molecule has 2 atom stereocenters. The number of nitro benzene ring substituents is 1. The first-order valence-electron chi connectivity index (χ1n) is 6.72. The third-order valence-corrected chi connectivity index (χ3v) is 3.89. The lowest BCUT2D eigenvalue weighted by atomic mass is 9.96. The van der Waals surface area contributed by atoms with Crippen molar-refractivity contribution in [3.8, 4) is 0 Å². The normalized spacial score (nSPS) is 22.6. The quantitative estimate of drug-likeness (QED) is 0.678. The predicted molar refractivity (Wildman–Crippen MR) is 75.3 cm³/mol. The van der Waals surface area contributed by atoms with Gasteiger partial charge >= 0.3 is 5.97 Å². The van der Waals surface area contributed by atoms with E-state index >= 15 is 0 Å². The molecule has 0 spiro atoms. The second kappa shape index (κ2) is 5.48. The van der Waals surface area contributed by atoms with Gasteiger partial charge in [0.15, 0.2) is 0 Å². The summed E-state index contributed by atoms with van der Waals surface area (Å²) in [6.45, 7) is 4.09. The van der Waals surface area contributed by atoms with Crippen LogP contribution in [0.1, 0.15) is 43.5 Å². The molecule has 0 saturated carbocycles. The maximum atomic E-state index is 11.2. The largest absolute Gasteiger partial charge is 0.478 e. The van der Waals surface area contributed by atoms with Crippen LogP contribution in [0.2, 0.25) is 0 Å². The van der Waals surface area contributed by atoms with Gasteiger partial charge in [0.1, 0.15) is 5.69 Å². The van der Waals surface area contributed by atoms with Gasteiger partial charge in [-0.1, -0.05) is 0 Å². The molecule has 1 aliphatic rings. The summed E-state index contributed by atoms with van der Waals surface area (Å²) in [6.07, 6.45) is 3.09. The highest BCUT2D eigenvalue weighted by Gasteiger charge is 2.30. The Bertz CT molecular complexity index is 534. The molecule has 0 radical (unpaired) electrons. The zero-order valence-corrected chi connectivity index (χ0v) is 11.6. The molecule has 108 valence electrons. The van der Waals surface area contributed by atoms with Crippen molar-refractivity contribution in [1.29, 1.82) is 0 Å². The summed E-state index contributed by atoms with van der Waals surface area (Å²) in [6, 6.07) is 4.56. The van der Waals surface area contributed by atoms with Crippen molar-refractivity contribution in [1.82, 2.24) is 0 Å². The molecule has 0 aromatic heterocycles. The number of benzene rings is 1. The monoisotopic (exact) mass is 278 g/mol. The van der Waals surface area contributed by atoms with Crippen molar-refractivity contribution in [3.63, 3.8) is 0 Å². The number of carboxylic acids is 1. The molecule has 1 aromatic carbocycles. The van der Waals surface area contributed by atoms with Crippen molar-refractivity contribution in [3.05, 3.63) is 33.9 Å². The van der Waals surface area contributed by atoms with E-state index in [0.29, 0.717) is 5.69 Å². The summed E-state index contributed by atoms with van der Waals surface area (Å²) in [4.78, 5) is 23.7. The van der Waals surface area contributed by atoms with Gasteiger partial charge in [0.25, 0.3) is 5.69 Å². The Hall–Kier alpha value is -2.11. The van der Waals surface area contributed by atoms with Crippen molar-refractivity contribution in [2.24, 2.45) is 0 Å². The number of nitro groups is 1. The number of carbonyl (C=O) groups is 1. The molecule has 0 aliphatic carbocycles. The van der Waals surface area contributed by atoms with E-state index in [2.05, 4.69) is 0 Å². The third-order valence-electron chi connectivity index (χ3n) is 3.89. The standard InChI is InChI=1S/C14H18N2O4/c1-9-4-3-5-10(2)15(9)12-7-6-11(14(17)18)8-13(12)16(19)20/h6-10H,3-5H2,1-2H3,(H,17,18)/t9-,10+. The van der Waals surface area contributed by atoms with Gasteiger partial charge in [-0.15, -0.1) is 0 Å². The summed E-state index contributed by atoms with van der Waals surface area (Å²) >= 11 is 0. The molecule has 1 N–H and O–H groups in total. The van der Waals surface area contributed by atoms with Gasteiger partial charge in [-0.05, 0) is 45.2 Å². The molecule has 6 heteroatoms. The molecule has 20 heavy (non-hydrogen) atoms. The molecule has 6 nitrogen and oxygen atoms in total. The van der Waals surface area contributed by atoms with E-state index in [9.17, 15) is 14.9 Å². The molecule has 1 heterocycles. The van der Waals surface area contributed by atoms with Crippen LogP contribution in [0.4, 0.5) is 11.4 Å². The lowest BCUT2D eigenvalue weighted by Gasteiger charge is -2.40. The smallest absolute Gasteiger partial charge is 0.335 e. The van der Waals surface area contributed by atoms with E-state index in [1.54, 1.807) is 6.07 Å². The highest BCUT2D eigenvalue weighted by Crippen LogP contribution is 2.36. The fraction of sp³-hybridized carbons (Fsp3) is 0.500. The number of aromatic carboxylic acids is 1. The average Bonchev–Trinajstić information content (AvgIpc) is 2.38. The van der Waals surface area contributed by atoms with Crippen LogP contribution in [0.3, 0.4) is 0 Å². The van der Waals surface area contributed by atoms with E-state index in [1.807, 2.05) is 18.7 Å². The molecule has 0 amide bonds. The average molecular weight is 278 g/mol. The van der Waals surface area contributed by atoms with Crippen LogP contribution in [0.15, 0.2) is 18.2 Å². The molecular weight excluding hydrogens is 260 g/mol. The fourth-order valence-corrected chi connectivity index (χ4v) is 2.92. The van der Waals surface area contributed by atoms with Crippen LogP contribution in [-0.2, 0) is 0 Å². The lowest BCUT2D eigenvalue weighted by molar-refractivity contribution is -0.384. The van der Waals surface area contributed by atoms with Gasteiger partial charge in [-0.2, -0.15) is 0 Å². The van der Waals surface area contributed by atoms with Crippen molar-refractivity contribution in [2.75, 3.05) is 4.90 Å². The summed E-state index contributed by atoms with van der Waals surface area (Å²) in [5.74, 6) is -1.15. The maximum absolute atomic E-state index is 11.2. The van der Waals surface area contributed by atoms with Gasteiger partial charge in [-0.3, -0.25) is 10.1 Å². The highest BCUT2D eigenvalue weighted by atomic mass is 16.6. The van der Waals surface area contributed by atoms with Gasteiger partial charge < -0.3 is 10.0 Å². The van der Waals surface area contributed by atoms with E-state index in [0.717, 1.165) is 25.3 Å². The SMILES string of the molecule is C[C@@H]1CCC[C@H](C)N1c1ccc(C(=O)O)cc1[N+](=O)[O-]. The number of nitrogens with zero attached hydrogens (tertiary/aromatic N) is 2. The second-order valence-corrected chi connectivity index (χ2v) is 5.30. The highest BCUT2D eigenvalue weighted by molar-refractivity contribution is 5.90. The lowest BCUT2D eigenvalue weighted by Crippen LogP contribution is -2.44. The predicted octanol–water partition coefficient (Wildman–Crippen LogP) is 3.06. The number of hydrogen-bond donors (Lipinski definition) is 1. The number of carboxylic acid groups (broad SMARTS) is 1. The summed E-state index contributed by atoms with van der Waals surface area (Å²) in [7, 11) is 0. The molecule has 0 unspecified atom stereocenters. The third kappa shape index (κ3) is 2.59. The van der Waals surface area contributed by atoms with Crippen LogP contribution in [0.5, 0.6) is 0 Å². The summed E-state index contributed by atoms with van der Waals surface area (Å²) in [5, 5.41) is 20.2. The first kappa shape index (κ1) is 14.3. The summed E-state index contributed by atoms with van der Waals surface area (Å²) in [5.41, 5.74) is 0.322. The zero-order valence-electron chi connectivity index (χ0n) is 11.6. The van der Waals surface area contributed by atoms with Crippen LogP contribution in [0.25, 0.3) is 0 Å². The second-order valence-electron chi connectivity index (χ2n) is 5.30. The Balaban J connectivity index is 2.49. The Morgan fingerprint density at radius 1 is 1.35 bits per heavy atom. The molecule has 1 fully saturated rings. The molecule has 1 aromatic rings. The number of anilines is 1. The zero-order chi connectivity index (χ0) is 14.9. The van der Waals surface area contributed by atoms with Crippen molar-refractivity contribution in [2.45, 2.75) is 45.2 Å². The molecular formula is C14H18N2O4. The van der Waals surface area contributed by atoms with Crippen LogP contribution in [-0.4, -0.2) is 28.1 Å². The van der Waals surface area contributed by atoms with Crippen molar-refractivity contribution >= 4 is 17.3 Å². The van der Waals surface area contributed by atoms with E-state index < -0.39 is 10.9 Å². The minimum Gasteiger partial charge on any atom is -0.478 e. The minimum atomic E-state index is -1.15. The minimum absolute atomic E-state index is 0.0576. The Labute approximate surface area is 117 Å². The first-order valence-corrected chi connectivity index (χ1v) is 6.72. The number of rotatable bonds is 3. The van der Waals surface area contributed by atoms with Gasteiger partial charge in [0, 0.05) is 18.2 Å². The van der Waals surface area contributed by atoms with E-state index in [4.69, 9.17) is 5.11 Å². The maximum Gasteiger partial charge on any atom is 0.335 e. The number of hydrogen-bond acceptors (Lipinski definition) is 4. The van der Waals surface area contributed by atoms with Gasteiger partial charge in [0.2, 0.25) is 0 Å². The Morgan fingerprint density at radius 3 is 2.45 bits per heavy atom. The molecule has 1 aliphatic heterocycles. The van der Waals surface area contributed by atoms with E-state index in [-0.39, 0.29) is 23.3 Å². The Kier molecular flexibility index (Phi) is 3.92. The van der Waals surface area contributed by atoms with Gasteiger partial charge in [0.05, 0.1) is 10.5 Å². The van der Waals surface area contributed by atoms with Gasteiger partial charge in [-0.25, -0.2) is 4.79 Å². The molecule has 0 bridgehead atoms. The number of piperidine rings is 1. The summed E-state index contributed by atoms with van der Waals surface area (Å²) < 4.78 is 0. The first-order chi connectivity index (χ1) is 9.41. The van der Waals surface area contributed by atoms with Crippen molar-refractivity contribution < 1.29 is 14.8 Å². The molecule has 1 saturated heterocycles. The Morgan fingerprint density at radius 2 is 1.95 bits per heavy atom. The van der Waals surface area contributed by atoms with Crippen LogP contribution < -0.4 is 4.90 Å². The molecule has 2 rings (SSSR count). The van der Waals surface area contributed by atoms with Crippen LogP contribution in [0, 0.1) is 10.1 Å².